The van der Waals surface area contributed by atoms with Gasteiger partial charge in [-0.2, -0.15) is 0 Å². The Bertz CT molecular complexity index is 451. The van der Waals surface area contributed by atoms with Crippen molar-refractivity contribution in [1.29, 1.82) is 0 Å². The van der Waals surface area contributed by atoms with Gasteiger partial charge in [-0.05, 0) is 59.9 Å². The molecule has 1 rings (SSSR count). The first-order valence-corrected chi connectivity index (χ1v) is 8.14. The van der Waals surface area contributed by atoms with Gasteiger partial charge in [0.2, 0.25) is 0 Å². The number of hydrogen-bond acceptors (Lipinski definition) is 2. The van der Waals surface area contributed by atoms with E-state index in [4.69, 9.17) is 6.42 Å². The summed E-state index contributed by atoms with van der Waals surface area (Å²) >= 11 is 3.69. The van der Waals surface area contributed by atoms with E-state index < -0.39 is 0 Å². The van der Waals surface area contributed by atoms with Crippen LogP contribution in [-0.4, -0.2) is 19.6 Å². The highest BCUT2D eigenvalue weighted by molar-refractivity contribution is 9.10. The molecule has 0 heterocycles. The zero-order chi connectivity index (χ0) is 15.0. The Morgan fingerprint density at radius 2 is 2.10 bits per heavy atom. The summed E-state index contributed by atoms with van der Waals surface area (Å²) in [5.74, 6) is 2.74. The van der Waals surface area contributed by atoms with Crippen molar-refractivity contribution in [3.63, 3.8) is 0 Å². The normalized spacial score (nSPS) is 11.9. The van der Waals surface area contributed by atoms with E-state index >= 15 is 0 Å². The molecule has 1 unspecified atom stereocenters. The van der Waals surface area contributed by atoms with Crippen LogP contribution in [0.15, 0.2) is 22.7 Å². The summed E-state index contributed by atoms with van der Waals surface area (Å²) in [6.07, 6.45) is 7.70. The van der Waals surface area contributed by atoms with Crippen molar-refractivity contribution in [3.8, 4) is 12.3 Å². The van der Waals surface area contributed by atoms with E-state index in [1.165, 1.54) is 11.3 Å². The third-order valence-corrected chi connectivity index (χ3v) is 3.92. The molecule has 0 aliphatic carbocycles. The van der Waals surface area contributed by atoms with Crippen LogP contribution in [-0.2, 0) is 0 Å². The van der Waals surface area contributed by atoms with Gasteiger partial charge in [0.1, 0.15) is 0 Å². The van der Waals surface area contributed by atoms with Crippen LogP contribution in [0.3, 0.4) is 0 Å². The summed E-state index contributed by atoms with van der Waals surface area (Å²) in [6.45, 7) is 9.22. The molecule has 0 aliphatic rings. The number of halogens is 1. The number of terminal acetylenes is 1. The zero-order valence-electron chi connectivity index (χ0n) is 12.7. The van der Waals surface area contributed by atoms with Gasteiger partial charge in [0, 0.05) is 17.1 Å². The standard InChI is InChI=1S/C17H25BrN2/c1-5-10-19-14(4)15-8-9-17(16(18)13-15)20(11-6-2)12-7-3/h2,8-9,13-14,19H,5,7,10-12H2,1,3-4H3. The first-order valence-electron chi connectivity index (χ1n) is 7.35. The summed E-state index contributed by atoms with van der Waals surface area (Å²) in [7, 11) is 0. The molecule has 110 valence electrons. The van der Waals surface area contributed by atoms with Crippen LogP contribution in [0.5, 0.6) is 0 Å². The summed E-state index contributed by atoms with van der Waals surface area (Å²) in [4.78, 5) is 2.23. The number of benzene rings is 1. The molecule has 1 atom stereocenters. The van der Waals surface area contributed by atoms with Gasteiger partial charge in [-0.25, -0.2) is 0 Å². The first kappa shape index (κ1) is 17.1. The van der Waals surface area contributed by atoms with Crippen molar-refractivity contribution in [2.75, 3.05) is 24.5 Å². The van der Waals surface area contributed by atoms with Crippen LogP contribution in [0.4, 0.5) is 5.69 Å². The molecule has 0 radical (unpaired) electrons. The Morgan fingerprint density at radius 3 is 2.65 bits per heavy atom. The smallest absolute Gasteiger partial charge is 0.0792 e. The predicted molar refractivity (Wildman–Crippen MR) is 92.2 cm³/mol. The molecule has 0 spiro atoms. The Morgan fingerprint density at radius 1 is 1.35 bits per heavy atom. The molecular weight excluding hydrogens is 312 g/mol. The van der Waals surface area contributed by atoms with Crippen molar-refractivity contribution in [1.82, 2.24) is 5.32 Å². The van der Waals surface area contributed by atoms with Crippen molar-refractivity contribution < 1.29 is 0 Å². The maximum Gasteiger partial charge on any atom is 0.0792 e. The van der Waals surface area contributed by atoms with E-state index in [1.807, 2.05) is 0 Å². The molecule has 2 nitrogen and oxygen atoms in total. The van der Waals surface area contributed by atoms with Gasteiger partial charge in [0.05, 0.1) is 12.2 Å². The Balaban J connectivity index is 2.88. The van der Waals surface area contributed by atoms with Crippen LogP contribution in [0.25, 0.3) is 0 Å². The van der Waals surface area contributed by atoms with Crippen LogP contribution in [0.2, 0.25) is 0 Å². The second-order valence-electron chi connectivity index (χ2n) is 5.01. The third kappa shape index (κ3) is 4.85. The van der Waals surface area contributed by atoms with Gasteiger partial charge < -0.3 is 10.2 Å². The number of hydrogen-bond donors (Lipinski definition) is 1. The molecule has 20 heavy (non-hydrogen) atoms. The quantitative estimate of drug-likeness (QED) is 0.709. The minimum atomic E-state index is 0.368. The Kier molecular flexibility index (Phi) is 7.72. The van der Waals surface area contributed by atoms with E-state index in [9.17, 15) is 0 Å². The molecule has 0 fully saturated rings. The monoisotopic (exact) mass is 336 g/mol. The van der Waals surface area contributed by atoms with E-state index in [0.717, 1.165) is 30.4 Å². The van der Waals surface area contributed by atoms with Crippen molar-refractivity contribution in [2.45, 2.75) is 39.7 Å². The number of nitrogens with zero attached hydrogens (tertiary/aromatic N) is 1. The molecule has 1 N–H and O–H groups in total. The van der Waals surface area contributed by atoms with Gasteiger partial charge in [0.25, 0.3) is 0 Å². The summed E-state index contributed by atoms with van der Waals surface area (Å²) in [5, 5.41) is 3.51. The highest BCUT2D eigenvalue weighted by atomic mass is 79.9. The Labute approximate surface area is 132 Å². The summed E-state index contributed by atoms with van der Waals surface area (Å²) in [5.41, 5.74) is 2.47. The van der Waals surface area contributed by atoms with Crippen molar-refractivity contribution >= 4 is 21.6 Å². The molecule has 0 aromatic heterocycles. The van der Waals surface area contributed by atoms with Crippen molar-refractivity contribution in [2.24, 2.45) is 0 Å². The highest BCUT2D eigenvalue weighted by Gasteiger charge is 2.11. The average Bonchev–Trinajstić information content (AvgIpc) is 2.44. The van der Waals surface area contributed by atoms with E-state index in [0.29, 0.717) is 12.6 Å². The molecule has 0 saturated carbocycles. The highest BCUT2D eigenvalue weighted by Crippen LogP contribution is 2.29. The second-order valence-corrected chi connectivity index (χ2v) is 5.87. The van der Waals surface area contributed by atoms with Crippen LogP contribution in [0, 0.1) is 12.3 Å². The molecule has 1 aromatic carbocycles. The maximum absolute atomic E-state index is 5.46. The maximum atomic E-state index is 5.46. The van der Waals surface area contributed by atoms with Gasteiger partial charge in [-0.1, -0.05) is 25.8 Å². The van der Waals surface area contributed by atoms with Crippen molar-refractivity contribution in [3.05, 3.63) is 28.2 Å². The number of anilines is 1. The largest absolute Gasteiger partial charge is 0.359 e. The fourth-order valence-corrected chi connectivity index (χ4v) is 2.84. The molecular formula is C17H25BrN2. The molecule has 3 heteroatoms. The minimum absolute atomic E-state index is 0.368. The second kappa shape index (κ2) is 9.05. The summed E-state index contributed by atoms with van der Waals surface area (Å²) < 4.78 is 1.11. The number of nitrogens with one attached hydrogen (secondary N) is 1. The minimum Gasteiger partial charge on any atom is -0.359 e. The molecule has 0 bridgehead atoms. The van der Waals surface area contributed by atoms with Gasteiger partial charge >= 0.3 is 0 Å². The predicted octanol–water partition coefficient (Wildman–Crippen LogP) is 4.36. The lowest BCUT2D eigenvalue weighted by Crippen LogP contribution is -2.25. The fraction of sp³-hybridized carbons (Fsp3) is 0.529. The van der Waals surface area contributed by atoms with Crippen LogP contribution in [0.1, 0.15) is 45.2 Å². The average molecular weight is 337 g/mol. The van der Waals surface area contributed by atoms with Crippen LogP contribution >= 0.6 is 15.9 Å². The zero-order valence-corrected chi connectivity index (χ0v) is 14.3. The van der Waals surface area contributed by atoms with Gasteiger partial charge in [-0.15, -0.1) is 6.42 Å². The number of rotatable bonds is 8. The Hall–Kier alpha value is -0.980. The molecule has 1 aromatic rings. The fourth-order valence-electron chi connectivity index (χ4n) is 2.19. The lowest BCUT2D eigenvalue weighted by Gasteiger charge is -2.24. The lowest BCUT2D eigenvalue weighted by atomic mass is 10.1. The molecule has 0 saturated heterocycles. The van der Waals surface area contributed by atoms with Gasteiger partial charge in [0.15, 0.2) is 0 Å². The SMILES string of the molecule is C#CCN(CCC)c1ccc(C(C)NCCC)cc1Br. The van der Waals surface area contributed by atoms with E-state index in [1.54, 1.807) is 0 Å². The third-order valence-electron chi connectivity index (χ3n) is 3.29. The molecule has 0 aliphatic heterocycles. The molecule has 0 amide bonds. The van der Waals surface area contributed by atoms with E-state index in [2.05, 4.69) is 71.0 Å². The first-order chi connectivity index (χ1) is 9.63. The van der Waals surface area contributed by atoms with E-state index in [-0.39, 0.29) is 0 Å². The summed E-state index contributed by atoms with van der Waals surface area (Å²) in [6, 6.07) is 6.91. The van der Waals surface area contributed by atoms with Crippen LogP contribution < -0.4 is 10.2 Å². The topological polar surface area (TPSA) is 15.3 Å². The van der Waals surface area contributed by atoms with Gasteiger partial charge in [-0.3, -0.25) is 0 Å². The lowest BCUT2D eigenvalue weighted by molar-refractivity contribution is 0.570.